The maximum Gasteiger partial charge on any atom is 0.119 e. The van der Waals surface area contributed by atoms with Crippen molar-refractivity contribution in [2.75, 3.05) is 26.9 Å². The van der Waals surface area contributed by atoms with Crippen molar-refractivity contribution >= 4 is 0 Å². The van der Waals surface area contributed by atoms with Gasteiger partial charge in [0.25, 0.3) is 0 Å². The molecule has 1 saturated heterocycles. The number of nitrogens with one attached hydrogen (secondary N) is 1. The van der Waals surface area contributed by atoms with Gasteiger partial charge in [-0.1, -0.05) is 12.1 Å². The first-order valence-corrected chi connectivity index (χ1v) is 6.44. The summed E-state index contributed by atoms with van der Waals surface area (Å²) in [5, 5.41) is 13.5. The second kappa shape index (κ2) is 6.73. The third-order valence-electron chi connectivity index (χ3n) is 3.26. The van der Waals surface area contributed by atoms with Crippen molar-refractivity contribution in [3.63, 3.8) is 0 Å². The highest BCUT2D eigenvalue weighted by atomic mass is 16.5. The molecule has 18 heavy (non-hydrogen) atoms. The van der Waals surface area contributed by atoms with Gasteiger partial charge in [0.05, 0.1) is 12.7 Å². The van der Waals surface area contributed by atoms with Gasteiger partial charge in [-0.3, -0.25) is 0 Å². The average Bonchev–Trinajstić information content (AvgIpc) is 2.93. The summed E-state index contributed by atoms with van der Waals surface area (Å²) in [7, 11) is 1.65. The zero-order valence-electron chi connectivity index (χ0n) is 10.8. The molecule has 0 bridgehead atoms. The minimum absolute atomic E-state index is 0.185. The van der Waals surface area contributed by atoms with Crippen LogP contribution in [-0.2, 0) is 4.74 Å². The van der Waals surface area contributed by atoms with Gasteiger partial charge >= 0.3 is 0 Å². The third kappa shape index (κ3) is 3.45. The molecule has 0 amide bonds. The van der Waals surface area contributed by atoms with Gasteiger partial charge in [-0.05, 0) is 37.1 Å². The molecular weight excluding hydrogens is 230 g/mol. The van der Waals surface area contributed by atoms with Gasteiger partial charge in [0.1, 0.15) is 12.4 Å². The van der Waals surface area contributed by atoms with Crippen LogP contribution in [0.15, 0.2) is 24.3 Å². The molecule has 2 unspecified atom stereocenters. The first-order valence-electron chi connectivity index (χ1n) is 6.44. The summed E-state index contributed by atoms with van der Waals surface area (Å²) in [6.07, 6.45) is 1.74. The molecule has 0 aromatic heterocycles. The predicted octanol–water partition coefficient (Wildman–Crippen LogP) is 1.50. The minimum atomic E-state index is -0.430. The van der Waals surface area contributed by atoms with Crippen LogP contribution < -0.4 is 10.1 Å². The van der Waals surface area contributed by atoms with Crippen molar-refractivity contribution in [3.05, 3.63) is 29.8 Å². The Morgan fingerprint density at radius 3 is 2.72 bits per heavy atom. The predicted molar refractivity (Wildman–Crippen MR) is 69.8 cm³/mol. The molecule has 1 aliphatic heterocycles. The number of ether oxygens (including phenoxy) is 2. The van der Waals surface area contributed by atoms with Crippen LogP contribution in [0.4, 0.5) is 0 Å². The van der Waals surface area contributed by atoms with Gasteiger partial charge in [-0.25, -0.2) is 0 Å². The van der Waals surface area contributed by atoms with E-state index in [0.29, 0.717) is 13.2 Å². The Labute approximate surface area is 108 Å². The number of aliphatic hydroxyl groups excluding tert-OH is 1. The summed E-state index contributed by atoms with van der Waals surface area (Å²) in [4.78, 5) is 0. The highest BCUT2D eigenvalue weighted by Gasteiger charge is 2.23. The Kier molecular flexibility index (Phi) is 4.99. The monoisotopic (exact) mass is 251 g/mol. The molecule has 2 N–H and O–H groups in total. The zero-order chi connectivity index (χ0) is 12.8. The number of rotatable bonds is 6. The molecule has 2 atom stereocenters. The summed E-state index contributed by atoms with van der Waals surface area (Å²) in [5.41, 5.74) is 0.938. The van der Waals surface area contributed by atoms with E-state index in [1.54, 1.807) is 7.11 Å². The van der Waals surface area contributed by atoms with Crippen molar-refractivity contribution in [1.29, 1.82) is 0 Å². The first kappa shape index (κ1) is 13.3. The van der Waals surface area contributed by atoms with Crippen molar-refractivity contribution in [1.82, 2.24) is 5.32 Å². The molecule has 1 fully saturated rings. The van der Waals surface area contributed by atoms with Gasteiger partial charge in [-0.15, -0.1) is 0 Å². The second-order valence-electron chi connectivity index (χ2n) is 4.56. The molecule has 1 aliphatic rings. The molecule has 4 heteroatoms. The van der Waals surface area contributed by atoms with Gasteiger partial charge in [0.15, 0.2) is 0 Å². The zero-order valence-corrected chi connectivity index (χ0v) is 10.8. The van der Waals surface area contributed by atoms with E-state index in [0.717, 1.165) is 30.7 Å². The molecular formula is C14H21NO3. The van der Waals surface area contributed by atoms with Gasteiger partial charge in [-0.2, -0.15) is 0 Å². The van der Waals surface area contributed by atoms with E-state index >= 15 is 0 Å². The molecule has 1 aromatic carbocycles. The number of hydrogen-bond acceptors (Lipinski definition) is 4. The van der Waals surface area contributed by atoms with Crippen molar-refractivity contribution in [2.45, 2.75) is 25.0 Å². The Morgan fingerprint density at radius 1 is 1.33 bits per heavy atom. The fraction of sp³-hybridized carbons (Fsp3) is 0.571. The Hall–Kier alpha value is -1.10. The standard InChI is InChI=1S/C14H21NO3/c1-17-9-10-18-12-6-4-11(5-7-12)14(16)13-3-2-8-15-13/h4-7,13-16H,2-3,8-10H2,1H3. The highest BCUT2D eigenvalue weighted by Crippen LogP contribution is 2.24. The highest BCUT2D eigenvalue weighted by molar-refractivity contribution is 5.29. The summed E-state index contributed by atoms with van der Waals surface area (Å²) in [6, 6.07) is 7.82. The average molecular weight is 251 g/mol. The molecule has 4 nitrogen and oxygen atoms in total. The summed E-state index contributed by atoms with van der Waals surface area (Å²) in [5.74, 6) is 0.808. The number of benzene rings is 1. The summed E-state index contributed by atoms with van der Waals surface area (Å²) < 4.78 is 10.4. The van der Waals surface area contributed by atoms with Crippen molar-refractivity contribution in [2.24, 2.45) is 0 Å². The SMILES string of the molecule is COCCOc1ccc(C(O)C2CCCN2)cc1. The van der Waals surface area contributed by atoms with E-state index in [1.807, 2.05) is 24.3 Å². The fourth-order valence-electron chi connectivity index (χ4n) is 2.22. The molecule has 0 saturated carbocycles. The molecule has 1 heterocycles. The Bertz CT molecular complexity index is 347. The van der Waals surface area contributed by atoms with E-state index in [1.165, 1.54) is 0 Å². The van der Waals surface area contributed by atoms with Crippen LogP contribution in [0, 0.1) is 0 Å². The Balaban J connectivity index is 1.89. The van der Waals surface area contributed by atoms with Gasteiger partial charge in [0, 0.05) is 13.2 Å². The first-order chi connectivity index (χ1) is 8.81. The molecule has 2 rings (SSSR count). The number of methoxy groups -OCH3 is 1. The topological polar surface area (TPSA) is 50.7 Å². The number of hydrogen-bond donors (Lipinski definition) is 2. The molecule has 0 radical (unpaired) electrons. The lowest BCUT2D eigenvalue weighted by Gasteiger charge is -2.18. The lowest BCUT2D eigenvalue weighted by Crippen LogP contribution is -2.28. The van der Waals surface area contributed by atoms with Crippen LogP contribution in [0.2, 0.25) is 0 Å². The maximum atomic E-state index is 10.2. The summed E-state index contributed by atoms with van der Waals surface area (Å²) in [6.45, 7) is 2.12. The van der Waals surface area contributed by atoms with E-state index in [4.69, 9.17) is 9.47 Å². The van der Waals surface area contributed by atoms with Gasteiger partial charge < -0.3 is 19.9 Å². The van der Waals surface area contributed by atoms with Crippen LogP contribution in [0.3, 0.4) is 0 Å². The normalized spacial score (nSPS) is 20.9. The smallest absolute Gasteiger partial charge is 0.119 e. The van der Waals surface area contributed by atoms with Crippen LogP contribution in [0.25, 0.3) is 0 Å². The van der Waals surface area contributed by atoms with Crippen LogP contribution in [0.5, 0.6) is 5.75 Å². The van der Waals surface area contributed by atoms with Crippen LogP contribution >= 0.6 is 0 Å². The van der Waals surface area contributed by atoms with E-state index < -0.39 is 6.10 Å². The second-order valence-corrected chi connectivity index (χ2v) is 4.56. The molecule has 0 aliphatic carbocycles. The quantitative estimate of drug-likeness (QED) is 0.752. The minimum Gasteiger partial charge on any atom is -0.491 e. The molecule has 100 valence electrons. The molecule has 1 aromatic rings. The summed E-state index contributed by atoms with van der Waals surface area (Å²) >= 11 is 0. The van der Waals surface area contributed by atoms with Crippen LogP contribution in [-0.4, -0.2) is 38.0 Å². The van der Waals surface area contributed by atoms with E-state index in [9.17, 15) is 5.11 Å². The Morgan fingerprint density at radius 2 is 2.11 bits per heavy atom. The van der Waals surface area contributed by atoms with Crippen molar-refractivity contribution < 1.29 is 14.6 Å². The van der Waals surface area contributed by atoms with Crippen LogP contribution in [0.1, 0.15) is 24.5 Å². The van der Waals surface area contributed by atoms with Crippen molar-refractivity contribution in [3.8, 4) is 5.75 Å². The maximum absolute atomic E-state index is 10.2. The van der Waals surface area contributed by atoms with E-state index in [-0.39, 0.29) is 6.04 Å². The third-order valence-corrected chi connectivity index (χ3v) is 3.26. The number of aliphatic hydroxyl groups is 1. The lowest BCUT2D eigenvalue weighted by molar-refractivity contribution is 0.137. The van der Waals surface area contributed by atoms with Gasteiger partial charge in [0.2, 0.25) is 0 Å². The molecule has 0 spiro atoms. The van der Waals surface area contributed by atoms with E-state index in [2.05, 4.69) is 5.32 Å². The largest absolute Gasteiger partial charge is 0.491 e. The fourth-order valence-corrected chi connectivity index (χ4v) is 2.22. The lowest BCUT2D eigenvalue weighted by atomic mass is 10.0.